The second kappa shape index (κ2) is 11.3. The molecule has 1 saturated heterocycles. The molecule has 0 radical (unpaired) electrons. The molecule has 0 spiro atoms. The molecule has 1 aliphatic heterocycles. The van der Waals surface area contributed by atoms with Gasteiger partial charge in [0.15, 0.2) is 5.76 Å². The molecule has 3 aromatic carbocycles. The van der Waals surface area contributed by atoms with Gasteiger partial charge < -0.3 is 19.1 Å². The number of nitrogens with zero attached hydrogens (tertiary/aromatic N) is 2. The van der Waals surface area contributed by atoms with Gasteiger partial charge in [0.1, 0.15) is 28.6 Å². The van der Waals surface area contributed by atoms with E-state index in [2.05, 4.69) is 5.32 Å². The van der Waals surface area contributed by atoms with Crippen molar-refractivity contribution in [2.24, 2.45) is 0 Å². The molecular formula is C33H31F2N3O6S. The van der Waals surface area contributed by atoms with E-state index in [1.807, 2.05) is 0 Å². The SMILES string of the molecule is CNC(=O)c1c(-c2ccc(F)cc2)oc2cc(N(C)S(C)(=O)=O)c([C@@H]3CCCN(C(=O)c4oc5ccc(F)cc5c4C)C3)cc12. The molecule has 1 fully saturated rings. The third-order valence-corrected chi connectivity index (χ3v) is 9.67. The van der Waals surface area contributed by atoms with Gasteiger partial charge in [-0.1, -0.05) is 0 Å². The average Bonchev–Trinajstić information content (AvgIpc) is 3.56. The number of likely N-dealkylation sites (tertiary alicyclic amines) is 1. The molecule has 5 aromatic rings. The van der Waals surface area contributed by atoms with Crippen molar-refractivity contribution in [2.45, 2.75) is 25.7 Å². The zero-order chi connectivity index (χ0) is 32.2. The third-order valence-electron chi connectivity index (χ3n) is 8.48. The maximum atomic E-state index is 13.9. The molecule has 2 aromatic heterocycles. The number of aryl methyl sites for hydroxylation is 1. The van der Waals surface area contributed by atoms with Crippen LogP contribution >= 0.6 is 0 Å². The predicted molar refractivity (Wildman–Crippen MR) is 167 cm³/mol. The van der Waals surface area contributed by atoms with Gasteiger partial charge in [-0.3, -0.25) is 13.9 Å². The number of nitrogens with one attached hydrogen (secondary N) is 1. The number of hydrogen-bond donors (Lipinski definition) is 1. The number of fused-ring (bicyclic) bond motifs is 2. The highest BCUT2D eigenvalue weighted by atomic mass is 32.2. The number of benzene rings is 3. The number of hydrogen-bond acceptors (Lipinski definition) is 6. The Morgan fingerprint density at radius 3 is 2.38 bits per heavy atom. The summed E-state index contributed by atoms with van der Waals surface area (Å²) in [5.41, 5.74) is 2.89. The molecule has 9 nitrogen and oxygen atoms in total. The van der Waals surface area contributed by atoms with E-state index in [0.29, 0.717) is 58.1 Å². The Labute approximate surface area is 258 Å². The van der Waals surface area contributed by atoms with Gasteiger partial charge >= 0.3 is 0 Å². The van der Waals surface area contributed by atoms with E-state index in [1.54, 1.807) is 24.0 Å². The number of piperidine rings is 1. The quantitative estimate of drug-likeness (QED) is 0.238. The number of halogens is 2. The van der Waals surface area contributed by atoms with Gasteiger partial charge in [-0.2, -0.15) is 0 Å². The van der Waals surface area contributed by atoms with Crippen LogP contribution in [-0.2, 0) is 10.0 Å². The van der Waals surface area contributed by atoms with Crippen LogP contribution in [0.2, 0.25) is 0 Å². The second-order valence-electron chi connectivity index (χ2n) is 11.3. The summed E-state index contributed by atoms with van der Waals surface area (Å²) in [5, 5.41) is 3.61. The van der Waals surface area contributed by atoms with E-state index < -0.39 is 27.6 Å². The topological polar surface area (TPSA) is 113 Å². The maximum Gasteiger partial charge on any atom is 0.289 e. The van der Waals surface area contributed by atoms with Gasteiger partial charge in [-0.25, -0.2) is 17.2 Å². The van der Waals surface area contributed by atoms with Crippen LogP contribution in [0.25, 0.3) is 33.3 Å². The largest absolute Gasteiger partial charge is 0.455 e. The number of anilines is 1. The van der Waals surface area contributed by atoms with Crippen LogP contribution in [0.3, 0.4) is 0 Å². The van der Waals surface area contributed by atoms with Crippen molar-refractivity contribution < 1.29 is 35.6 Å². The summed E-state index contributed by atoms with van der Waals surface area (Å²) in [7, 11) is -0.795. The summed E-state index contributed by atoms with van der Waals surface area (Å²) in [5.74, 6) is -1.62. The zero-order valence-corrected chi connectivity index (χ0v) is 25.9. The Bertz CT molecular complexity index is 2090. The predicted octanol–water partition coefficient (Wildman–Crippen LogP) is 6.21. The Hall–Kier alpha value is -4.71. The summed E-state index contributed by atoms with van der Waals surface area (Å²) in [6.07, 6.45) is 2.36. The summed E-state index contributed by atoms with van der Waals surface area (Å²) in [6, 6.07) is 13.0. The highest BCUT2D eigenvalue weighted by Crippen LogP contribution is 2.42. The first-order valence-corrected chi connectivity index (χ1v) is 16.2. The molecule has 6 rings (SSSR count). The van der Waals surface area contributed by atoms with Crippen molar-refractivity contribution in [3.05, 3.63) is 88.7 Å². The number of carbonyl (C=O) groups excluding carboxylic acids is 2. The summed E-state index contributed by atoms with van der Waals surface area (Å²) < 4.78 is 66.3. The van der Waals surface area contributed by atoms with Gasteiger partial charge in [0.2, 0.25) is 10.0 Å². The van der Waals surface area contributed by atoms with Crippen LogP contribution in [0.1, 0.15) is 50.8 Å². The number of furan rings is 2. The van der Waals surface area contributed by atoms with Gasteiger partial charge in [-0.15, -0.1) is 0 Å². The van der Waals surface area contributed by atoms with Crippen molar-refractivity contribution in [3.8, 4) is 11.3 Å². The first-order chi connectivity index (χ1) is 21.4. The molecule has 1 atom stereocenters. The molecule has 12 heteroatoms. The van der Waals surface area contributed by atoms with Crippen molar-refractivity contribution in [3.63, 3.8) is 0 Å². The van der Waals surface area contributed by atoms with E-state index in [1.165, 1.54) is 56.6 Å². The summed E-state index contributed by atoms with van der Waals surface area (Å²) in [6.45, 7) is 2.41. The first kappa shape index (κ1) is 30.3. The lowest BCUT2D eigenvalue weighted by molar-refractivity contribution is 0.0676. The number of sulfonamides is 1. The van der Waals surface area contributed by atoms with Gasteiger partial charge in [-0.05, 0) is 73.9 Å². The van der Waals surface area contributed by atoms with Crippen LogP contribution < -0.4 is 9.62 Å². The minimum absolute atomic E-state index is 0.126. The lowest BCUT2D eigenvalue weighted by atomic mass is 9.88. The molecule has 0 bridgehead atoms. The summed E-state index contributed by atoms with van der Waals surface area (Å²) >= 11 is 0. The summed E-state index contributed by atoms with van der Waals surface area (Å²) in [4.78, 5) is 28.6. The fourth-order valence-corrected chi connectivity index (χ4v) is 6.55. The minimum Gasteiger partial charge on any atom is -0.455 e. The zero-order valence-electron chi connectivity index (χ0n) is 25.1. The van der Waals surface area contributed by atoms with E-state index in [-0.39, 0.29) is 41.0 Å². The molecule has 0 unspecified atom stereocenters. The molecule has 2 amide bonds. The molecule has 45 heavy (non-hydrogen) atoms. The fraction of sp³-hybridized carbons (Fsp3) is 0.273. The van der Waals surface area contributed by atoms with Crippen molar-refractivity contribution >= 4 is 49.5 Å². The molecule has 0 aliphatic carbocycles. The van der Waals surface area contributed by atoms with E-state index in [0.717, 1.165) is 10.6 Å². The van der Waals surface area contributed by atoms with Crippen LogP contribution in [0, 0.1) is 18.6 Å². The first-order valence-electron chi connectivity index (χ1n) is 14.4. The number of rotatable bonds is 6. The lowest BCUT2D eigenvalue weighted by Crippen LogP contribution is -2.39. The Morgan fingerprint density at radius 2 is 1.69 bits per heavy atom. The normalized spacial score (nSPS) is 15.5. The maximum absolute atomic E-state index is 13.9. The van der Waals surface area contributed by atoms with Crippen LogP contribution in [0.4, 0.5) is 14.5 Å². The number of carbonyl (C=O) groups is 2. The van der Waals surface area contributed by atoms with Crippen LogP contribution in [-0.4, -0.2) is 58.6 Å². The van der Waals surface area contributed by atoms with E-state index >= 15 is 0 Å². The average molecular weight is 636 g/mol. The standard InChI is InChI=1S/C33H31F2N3O6S/c1-18-23-14-22(35)11-12-27(23)43-30(18)33(40)38-13-5-6-20(17-38)24-15-25-28(16-26(24)37(3)45(4,41)42)44-31(29(25)32(39)36-2)19-7-9-21(34)10-8-19/h7-12,14-16,20H,5-6,13,17H2,1-4H3,(H,36,39)/t20-/m1/s1. The van der Waals surface area contributed by atoms with Gasteiger partial charge in [0.05, 0.1) is 17.5 Å². The smallest absolute Gasteiger partial charge is 0.289 e. The molecule has 234 valence electrons. The molecule has 1 aliphatic rings. The highest BCUT2D eigenvalue weighted by molar-refractivity contribution is 7.92. The van der Waals surface area contributed by atoms with Crippen LogP contribution in [0.5, 0.6) is 0 Å². The molecule has 0 saturated carbocycles. The van der Waals surface area contributed by atoms with Crippen molar-refractivity contribution in [2.75, 3.05) is 37.7 Å². The van der Waals surface area contributed by atoms with E-state index in [4.69, 9.17) is 8.83 Å². The Kier molecular flexibility index (Phi) is 7.64. The van der Waals surface area contributed by atoms with Gasteiger partial charge in [0.25, 0.3) is 11.8 Å². The molecule has 1 N–H and O–H groups in total. The number of amides is 2. The molecule has 3 heterocycles. The minimum atomic E-state index is -3.72. The third kappa shape index (κ3) is 5.43. The Balaban J connectivity index is 1.46. The van der Waals surface area contributed by atoms with Crippen molar-refractivity contribution in [1.29, 1.82) is 0 Å². The monoisotopic (exact) mass is 635 g/mol. The molecular weight excluding hydrogens is 604 g/mol. The fourth-order valence-electron chi connectivity index (χ4n) is 6.04. The highest BCUT2D eigenvalue weighted by Gasteiger charge is 2.33. The van der Waals surface area contributed by atoms with Gasteiger partial charge in [0, 0.05) is 61.1 Å². The Morgan fingerprint density at radius 1 is 0.978 bits per heavy atom. The lowest BCUT2D eigenvalue weighted by Gasteiger charge is -2.34. The van der Waals surface area contributed by atoms with E-state index in [9.17, 15) is 26.8 Å². The van der Waals surface area contributed by atoms with Crippen molar-refractivity contribution in [1.82, 2.24) is 10.2 Å². The van der Waals surface area contributed by atoms with Crippen LogP contribution in [0.15, 0.2) is 63.4 Å². The second-order valence-corrected chi connectivity index (χ2v) is 13.3.